The number of amides is 2. The molecule has 0 radical (unpaired) electrons. The molecule has 0 fully saturated rings. The predicted octanol–water partition coefficient (Wildman–Crippen LogP) is 1.66. The van der Waals surface area contributed by atoms with Crippen LogP contribution in [0.3, 0.4) is 0 Å². The molecule has 1 aliphatic heterocycles. The van der Waals surface area contributed by atoms with Gasteiger partial charge in [-0.2, -0.15) is 0 Å². The smallest absolute Gasteiger partial charge is 0.338 e. The molecule has 1 aliphatic rings. The van der Waals surface area contributed by atoms with E-state index < -0.39 is 18.5 Å². The highest BCUT2D eigenvalue weighted by Crippen LogP contribution is 2.31. The lowest BCUT2D eigenvalue weighted by Crippen LogP contribution is -2.21. The second-order valence-electron chi connectivity index (χ2n) is 5.88. The van der Waals surface area contributed by atoms with Crippen LogP contribution in [0.25, 0.3) is 0 Å². The lowest BCUT2D eigenvalue weighted by Gasteiger charge is -2.18. The summed E-state index contributed by atoms with van der Waals surface area (Å²) >= 11 is 0. The summed E-state index contributed by atoms with van der Waals surface area (Å²) in [7, 11) is 0. The molecule has 0 aliphatic carbocycles. The number of aryl methyl sites for hydroxylation is 1. The van der Waals surface area contributed by atoms with Gasteiger partial charge in [0.05, 0.1) is 5.56 Å². The summed E-state index contributed by atoms with van der Waals surface area (Å²) < 4.78 is 15.7. The third kappa shape index (κ3) is 4.35. The van der Waals surface area contributed by atoms with Crippen molar-refractivity contribution in [1.29, 1.82) is 0 Å². The molecular formula is C19H18N2O6. The van der Waals surface area contributed by atoms with Crippen LogP contribution in [0.15, 0.2) is 36.4 Å². The van der Waals surface area contributed by atoms with Crippen molar-refractivity contribution in [2.75, 3.05) is 25.1 Å². The van der Waals surface area contributed by atoms with Gasteiger partial charge in [-0.25, -0.2) is 4.79 Å². The minimum atomic E-state index is -0.748. The fraction of sp³-hybridized carbons (Fsp3) is 0.211. The molecule has 3 rings (SSSR count). The fourth-order valence-electron chi connectivity index (χ4n) is 2.48. The van der Waals surface area contributed by atoms with Gasteiger partial charge in [0.2, 0.25) is 0 Å². The maximum Gasteiger partial charge on any atom is 0.338 e. The van der Waals surface area contributed by atoms with Crippen LogP contribution < -0.4 is 20.5 Å². The van der Waals surface area contributed by atoms with E-state index >= 15 is 0 Å². The molecule has 0 unspecified atom stereocenters. The standard InChI is InChI=1S/C19H18N2O6/c1-11-2-3-13(19(24)27-10-17(20)22)8-14(11)21-18(23)12-4-5-15-16(9-12)26-7-6-25-15/h2-5,8-9H,6-7,10H2,1H3,(H2,20,22)(H,21,23). The Hall–Kier alpha value is -3.55. The van der Waals surface area contributed by atoms with Gasteiger partial charge in [-0.1, -0.05) is 6.07 Å². The summed E-state index contributed by atoms with van der Waals surface area (Å²) in [4.78, 5) is 35.2. The van der Waals surface area contributed by atoms with Gasteiger partial charge in [0.25, 0.3) is 11.8 Å². The number of esters is 1. The number of hydrogen-bond acceptors (Lipinski definition) is 6. The Labute approximate surface area is 155 Å². The molecule has 0 spiro atoms. The number of hydrogen-bond donors (Lipinski definition) is 2. The highest BCUT2D eigenvalue weighted by Gasteiger charge is 2.17. The molecule has 2 aromatic rings. The second-order valence-corrected chi connectivity index (χ2v) is 5.88. The van der Waals surface area contributed by atoms with Crippen molar-refractivity contribution < 1.29 is 28.6 Å². The average molecular weight is 370 g/mol. The summed E-state index contributed by atoms with van der Waals surface area (Å²) in [6.45, 7) is 2.17. The van der Waals surface area contributed by atoms with E-state index in [0.717, 1.165) is 5.56 Å². The molecule has 140 valence electrons. The van der Waals surface area contributed by atoms with Crippen LogP contribution in [0.1, 0.15) is 26.3 Å². The Morgan fingerprint density at radius 1 is 1.04 bits per heavy atom. The third-order valence-electron chi connectivity index (χ3n) is 3.87. The van der Waals surface area contributed by atoms with E-state index in [2.05, 4.69) is 5.32 Å². The number of primary amides is 1. The Balaban J connectivity index is 1.76. The molecule has 0 atom stereocenters. The number of anilines is 1. The van der Waals surface area contributed by atoms with Gasteiger partial charge in [0.15, 0.2) is 18.1 Å². The minimum Gasteiger partial charge on any atom is -0.486 e. The quantitative estimate of drug-likeness (QED) is 0.773. The van der Waals surface area contributed by atoms with Crippen LogP contribution >= 0.6 is 0 Å². The minimum absolute atomic E-state index is 0.194. The van der Waals surface area contributed by atoms with Crippen molar-refractivity contribution in [3.63, 3.8) is 0 Å². The summed E-state index contributed by atoms with van der Waals surface area (Å²) in [6, 6.07) is 9.59. The van der Waals surface area contributed by atoms with E-state index in [1.807, 2.05) is 0 Å². The molecule has 2 aromatic carbocycles. The molecule has 3 N–H and O–H groups in total. The van der Waals surface area contributed by atoms with Crippen molar-refractivity contribution in [1.82, 2.24) is 0 Å². The van der Waals surface area contributed by atoms with E-state index in [1.165, 1.54) is 6.07 Å². The summed E-state index contributed by atoms with van der Waals surface area (Å²) in [6.07, 6.45) is 0. The first-order chi connectivity index (χ1) is 12.9. The van der Waals surface area contributed by atoms with Crippen LogP contribution in [0.2, 0.25) is 0 Å². The van der Waals surface area contributed by atoms with Gasteiger partial charge in [0, 0.05) is 11.3 Å². The normalized spacial score (nSPS) is 12.2. The van der Waals surface area contributed by atoms with Crippen molar-refractivity contribution in [2.45, 2.75) is 6.92 Å². The molecule has 8 nitrogen and oxygen atoms in total. The van der Waals surface area contributed by atoms with E-state index in [1.54, 1.807) is 37.3 Å². The van der Waals surface area contributed by atoms with Gasteiger partial charge >= 0.3 is 5.97 Å². The first-order valence-corrected chi connectivity index (χ1v) is 8.21. The maximum absolute atomic E-state index is 12.6. The Morgan fingerprint density at radius 2 is 1.74 bits per heavy atom. The first kappa shape index (κ1) is 18.2. The number of nitrogens with two attached hydrogens (primary N) is 1. The molecule has 1 heterocycles. The molecule has 0 saturated heterocycles. The van der Waals surface area contributed by atoms with Crippen LogP contribution in [0.4, 0.5) is 5.69 Å². The van der Waals surface area contributed by atoms with Gasteiger partial charge < -0.3 is 25.3 Å². The van der Waals surface area contributed by atoms with E-state index in [4.69, 9.17) is 19.9 Å². The van der Waals surface area contributed by atoms with E-state index in [-0.39, 0.29) is 11.5 Å². The van der Waals surface area contributed by atoms with Gasteiger partial charge in [-0.3, -0.25) is 9.59 Å². The molecule has 27 heavy (non-hydrogen) atoms. The largest absolute Gasteiger partial charge is 0.486 e. The third-order valence-corrected chi connectivity index (χ3v) is 3.87. The molecule has 0 aromatic heterocycles. The summed E-state index contributed by atoms with van der Waals surface area (Å²) in [5.74, 6) is -0.716. The number of rotatable bonds is 5. The van der Waals surface area contributed by atoms with Crippen LogP contribution in [-0.4, -0.2) is 37.6 Å². The van der Waals surface area contributed by atoms with Crippen LogP contribution in [0, 0.1) is 6.92 Å². The van der Waals surface area contributed by atoms with Crippen molar-refractivity contribution in [2.24, 2.45) is 5.73 Å². The second kappa shape index (κ2) is 7.77. The zero-order valence-corrected chi connectivity index (χ0v) is 14.6. The average Bonchev–Trinajstić information content (AvgIpc) is 2.67. The van der Waals surface area contributed by atoms with Crippen LogP contribution in [0.5, 0.6) is 11.5 Å². The molecule has 0 saturated carbocycles. The number of benzene rings is 2. The topological polar surface area (TPSA) is 117 Å². The molecule has 0 bridgehead atoms. The predicted molar refractivity (Wildman–Crippen MR) is 96.0 cm³/mol. The van der Waals surface area contributed by atoms with E-state index in [9.17, 15) is 14.4 Å². The number of ether oxygens (including phenoxy) is 3. The van der Waals surface area contributed by atoms with Crippen molar-refractivity contribution in [3.8, 4) is 11.5 Å². The lowest BCUT2D eigenvalue weighted by atomic mass is 10.1. The van der Waals surface area contributed by atoms with Gasteiger partial charge in [0.1, 0.15) is 13.2 Å². The Morgan fingerprint density at radius 3 is 2.48 bits per heavy atom. The zero-order valence-electron chi connectivity index (χ0n) is 14.6. The Kier molecular flexibility index (Phi) is 5.25. The van der Waals surface area contributed by atoms with E-state index in [0.29, 0.717) is 36.0 Å². The summed E-state index contributed by atoms with van der Waals surface area (Å²) in [5.41, 5.74) is 6.75. The summed E-state index contributed by atoms with van der Waals surface area (Å²) in [5, 5.41) is 2.76. The molecule has 8 heteroatoms. The number of carbonyl (C=O) groups is 3. The van der Waals surface area contributed by atoms with Crippen molar-refractivity contribution in [3.05, 3.63) is 53.1 Å². The van der Waals surface area contributed by atoms with Gasteiger partial charge in [-0.15, -0.1) is 0 Å². The zero-order chi connectivity index (χ0) is 19.4. The highest BCUT2D eigenvalue weighted by atomic mass is 16.6. The number of fused-ring (bicyclic) bond motifs is 1. The first-order valence-electron chi connectivity index (χ1n) is 8.21. The van der Waals surface area contributed by atoms with Crippen LogP contribution in [-0.2, 0) is 9.53 Å². The maximum atomic E-state index is 12.6. The number of carbonyl (C=O) groups excluding carboxylic acids is 3. The van der Waals surface area contributed by atoms with Crippen molar-refractivity contribution >= 4 is 23.5 Å². The fourth-order valence-corrected chi connectivity index (χ4v) is 2.48. The SMILES string of the molecule is Cc1ccc(C(=O)OCC(N)=O)cc1NC(=O)c1ccc2c(c1)OCCO2. The molecular weight excluding hydrogens is 352 g/mol. The molecule has 2 amide bonds. The monoisotopic (exact) mass is 370 g/mol. The van der Waals surface area contributed by atoms with Gasteiger partial charge in [-0.05, 0) is 42.8 Å². The Bertz CT molecular complexity index is 909. The highest BCUT2D eigenvalue weighted by molar-refractivity contribution is 6.05. The lowest BCUT2D eigenvalue weighted by molar-refractivity contribution is -0.121. The number of nitrogens with one attached hydrogen (secondary N) is 1.